The highest BCUT2D eigenvalue weighted by Crippen LogP contribution is 2.22. The monoisotopic (exact) mass is 271 g/mol. The van der Waals surface area contributed by atoms with Gasteiger partial charge in [-0.05, 0) is 25.1 Å². The molecule has 106 valence electrons. The highest BCUT2D eigenvalue weighted by molar-refractivity contribution is 5.51. The number of nitrogen functional groups attached to an aromatic ring is 1. The number of nitrogens with zero attached hydrogens (tertiary/aromatic N) is 2. The number of ether oxygens (including phenoxy) is 1. The van der Waals surface area contributed by atoms with Crippen molar-refractivity contribution in [3.05, 3.63) is 47.5 Å². The molecule has 0 saturated carbocycles. The molecule has 0 saturated heterocycles. The standard InChI is InChI=1S/C16H21N3O/c1-11-9-14(16(2,3)4)19-15(18-11)10-20-13-8-6-5-7-12(13)17/h5-9H,10,17H2,1-4H3. The van der Waals surface area contributed by atoms with E-state index in [1.807, 2.05) is 37.3 Å². The van der Waals surface area contributed by atoms with Crippen molar-refractivity contribution in [3.63, 3.8) is 0 Å². The van der Waals surface area contributed by atoms with Crippen molar-refractivity contribution in [1.29, 1.82) is 0 Å². The molecule has 0 radical (unpaired) electrons. The number of aryl methyl sites for hydroxylation is 1. The minimum Gasteiger partial charge on any atom is -0.483 e. The predicted molar refractivity (Wildman–Crippen MR) is 80.7 cm³/mol. The second-order valence-corrected chi connectivity index (χ2v) is 5.89. The van der Waals surface area contributed by atoms with E-state index in [-0.39, 0.29) is 5.41 Å². The van der Waals surface area contributed by atoms with Gasteiger partial charge in [-0.15, -0.1) is 0 Å². The van der Waals surface area contributed by atoms with E-state index in [1.54, 1.807) is 0 Å². The zero-order valence-electron chi connectivity index (χ0n) is 12.5. The fourth-order valence-corrected chi connectivity index (χ4v) is 1.83. The maximum Gasteiger partial charge on any atom is 0.166 e. The smallest absolute Gasteiger partial charge is 0.166 e. The van der Waals surface area contributed by atoms with Crippen LogP contribution in [0.1, 0.15) is 38.0 Å². The summed E-state index contributed by atoms with van der Waals surface area (Å²) in [6.07, 6.45) is 0. The zero-order chi connectivity index (χ0) is 14.8. The highest BCUT2D eigenvalue weighted by atomic mass is 16.5. The van der Waals surface area contributed by atoms with Gasteiger partial charge in [-0.25, -0.2) is 9.97 Å². The van der Waals surface area contributed by atoms with E-state index in [0.717, 1.165) is 11.4 Å². The maximum atomic E-state index is 5.85. The van der Waals surface area contributed by atoms with Gasteiger partial charge >= 0.3 is 0 Å². The number of rotatable bonds is 3. The molecule has 0 aliphatic rings. The number of aromatic nitrogens is 2. The molecule has 4 nitrogen and oxygen atoms in total. The molecule has 0 amide bonds. The summed E-state index contributed by atoms with van der Waals surface area (Å²) < 4.78 is 5.70. The van der Waals surface area contributed by atoms with E-state index in [0.29, 0.717) is 23.9 Å². The summed E-state index contributed by atoms with van der Waals surface area (Å²) in [5, 5.41) is 0. The quantitative estimate of drug-likeness (QED) is 0.870. The lowest BCUT2D eigenvalue weighted by atomic mass is 9.91. The van der Waals surface area contributed by atoms with Gasteiger partial charge in [0.2, 0.25) is 0 Å². The van der Waals surface area contributed by atoms with E-state index in [9.17, 15) is 0 Å². The Labute approximate surface area is 120 Å². The summed E-state index contributed by atoms with van der Waals surface area (Å²) in [4.78, 5) is 8.99. The maximum absolute atomic E-state index is 5.85. The topological polar surface area (TPSA) is 61.0 Å². The summed E-state index contributed by atoms with van der Waals surface area (Å²) >= 11 is 0. The van der Waals surface area contributed by atoms with Crippen LogP contribution in [0.4, 0.5) is 5.69 Å². The molecule has 0 fully saturated rings. The number of hydrogen-bond acceptors (Lipinski definition) is 4. The van der Waals surface area contributed by atoms with Crippen molar-refractivity contribution in [2.45, 2.75) is 39.7 Å². The molecular weight excluding hydrogens is 250 g/mol. The van der Waals surface area contributed by atoms with Crippen molar-refractivity contribution in [3.8, 4) is 5.75 Å². The first kappa shape index (κ1) is 14.3. The third-order valence-electron chi connectivity index (χ3n) is 2.94. The van der Waals surface area contributed by atoms with Crippen LogP contribution in [-0.2, 0) is 12.0 Å². The third-order valence-corrected chi connectivity index (χ3v) is 2.94. The molecule has 1 aromatic heterocycles. The molecule has 4 heteroatoms. The summed E-state index contributed by atoms with van der Waals surface area (Å²) in [6.45, 7) is 8.69. The van der Waals surface area contributed by atoms with Crippen LogP contribution in [0, 0.1) is 6.92 Å². The molecule has 0 aliphatic heterocycles. The number of nitrogens with two attached hydrogens (primary N) is 1. The van der Waals surface area contributed by atoms with Gasteiger partial charge in [-0.1, -0.05) is 32.9 Å². The van der Waals surface area contributed by atoms with Crippen LogP contribution in [0.5, 0.6) is 5.75 Å². The Morgan fingerprint density at radius 2 is 1.85 bits per heavy atom. The van der Waals surface area contributed by atoms with Gasteiger partial charge in [0.1, 0.15) is 12.4 Å². The molecular formula is C16H21N3O. The first-order chi connectivity index (χ1) is 9.36. The van der Waals surface area contributed by atoms with Gasteiger partial charge in [0.05, 0.1) is 5.69 Å². The Kier molecular flexibility index (Phi) is 3.93. The average Bonchev–Trinajstić information content (AvgIpc) is 2.36. The van der Waals surface area contributed by atoms with Crippen LogP contribution in [0.15, 0.2) is 30.3 Å². The number of anilines is 1. The predicted octanol–water partition coefficient (Wildman–Crippen LogP) is 3.24. The summed E-state index contributed by atoms with van der Waals surface area (Å²) in [5.41, 5.74) is 8.43. The minimum absolute atomic E-state index is 0.00573. The van der Waals surface area contributed by atoms with Crippen molar-refractivity contribution in [2.75, 3.05) is 5.73 Å². The molecule has 0 unspecified atom stereocenters. The molecule has 0 aliphatic carbocycles. The molecule has 0 atom stereocenters. The Morgan fingerprint density at radius 3 is 2.50 bits per heavy atom. The SMILES string of the molecule is Cc1cc(C(C)(C)C)nc(COc2ccccc2N)n1. The summed E-state index contributed by atoms with van der Waals surface area (Å²) in [5.74, 6) is 1.34. The Balaban J connectivity index is 2.18. The Hall–Kier alpha value is -2.10. The minimum atomic E-state index is -0.00573. The van der Waals surface area contributed by atoms with Crippen molar-refractivity contribution < 1.29 is 4.74 Å². The summed E-state index contributed by atoms with van der Waals surface area (Å²) in [6, 6.07) is 9.44. The second kappa shape index (κ2) is 5.49. The van der Waals surface area contributed by atoms with Crippen LogP contribution in [-0.4, -0.2) is 9.97 Å². The van der Waals surface area contributed by atoms with Crippen LogP contribution in [0.3, 0.4) is 0 Å². The van der Waals surface area contributed by atoms with Gasteiger partial charge in [0, 0.05) is 16.8 Å². The van der Waals surface area contributed by atoms with Gasteiger partial charge in [0.25, 0.3) is 0 Å². The number of para-hydroxylation sites is 2. The highest BCUT2D eigenvalue weighted by Gasteiger charge is 2.17. The number of hydrogen-bond donors (Lipinski definition) is 1. The Bertz CT molecular complexity index is 603. The van der Waals surface area contributed by atoms with Crippen molar-refractivity contribution in [1.82, 2.24) is 9.97 Å². The fourth-order valence-electron chi connectivity index (χ4n) is 1.83. The molecule has 20 heavy (non-hydrogen) atoms. The van der Waals surface area contributed by atoms with Crippen LogP contribution in [0.25, 0.3) is 0 Å². The van der Waals surface area contributed by atoms with Crippen LogP contribution >= 0.6 is 0 Å². The molecule has 0 bridgehead atoms. The largest absolute Gasteiger partial charge is 0.483 e. The normalized spacial score (nSPS) is 11.4. The second-order valence-electron chi connectivity index (χ2n) is 5.89. The van der Waals surface area contributed by atoms with Crippen LogP contribution in [0.2, 0.25) is 0 Å². The van der Waals surface area contributed by atoms with Crippen molar-refractivity contribution >= 4 is 5.69 Å². The molecule has 0 spiro atoms. The lowest BCUT2D eigenvalue weighted by Gasteiger charge is -2.19. The Morgan fingerprint density at radius 1 is 1.15 bits per heavy atom. The molecule has 2 N–H and O–H groups in total. The molecule has 2 rings (SSSR count). The number of benzene rings is 1. The van der Waals surface area contributed by atoms with E-state index in [2.05, 4.69) is 30.7 Å². The fraction of sp³-hybridized carbons (Fsp3) is 0.375. The molecule has 1 aromatic carbocycles. The van der Waals surface area contributed by atoms with Gasteiger partial charge in [-0.2, -0.15) is 0 Å². The third kappa shape index (κ3) is 3.47. The molecule has 2 aromatic rings. The van der Waals surface area contributed by atoms with E-state index < -0.39 is 0 Å². The zero-order valence-corrected chi connectivity index (χ0v) is 12.5. The van der Waals surface area contributed by atoms with E-state index in [1.165, 1.54) is 0 Å². The van der Waals surface area contributed by atoms with Gasteiger partial charge in [0.15, 0.2) is 5.82 Å². The first-order valence-corrected chi connectivity index (χ1v) is 6.68. The first-order valence-electron chi connectivity index (χ1n) is 6.68. The average molecular weight is 271 g/mol. The van der Waals surface area contributed by atoms with Crippen molar-refractivity contribution in [2.24, 2.45) is 0 Å². The van der Waals surface area contributed by atoms with E-state index in [4.69, 9.17) is 10.5 Å². The molecule has 1 heterocycles. The van der Waals surface area contributed by atoms with E-state index >= 15 is 0 Å². The van der Waals surface area contributed by atoms with Gasteiger partial charge < -0.3 is 10.5 Å². The lowest BCUT2D eigenvalue weighted by molar-refractivity contribution is 0.296. The van der Waals surface area contributed by atoms with Gasteiger partial charge in [-0.3, -0.25) is 0 Å². The van der Waals surface area contributed by atoms with Crippen LogP contribution < -0.4 is 10.5 Å². The lowest BCUT2D eigenvalue weighted by Crippen LogP contribution is -2.16. The summed E-state index contributed by atoms with van der Waals surface area (Å²) in [7, 11) is 0.